The van der Waals surface area contributed by atoms with E-state index in [0.29, 0.717) is 21.5 Å². The molecule has 0 aliphatic carbocycles. The summed E-state index contributed by atoms with van der Waals surface area (Å²) in [6, 6.07) is 12.1. The van der Waals surface area contributed by atoms with Gasteiger partial charge in [0.05, 0.1) is 0 Å². The van der Waals surface area contributed by atoms with E-state index in [0.717, 1.165) is 0 Å². The summed E-state index contributed by atoms with van der Waals surface area (Å²) in [5.74, 6) is -1.50. The van der Waals surface area contributed by atoms with Crippen molar-refractivity contribution in [2.24, 2.45) is 0 Å². The van der Waals surface area contributed by atoms with E-state index in [1.165, 1.54) is 30.3 Å². The van der Waals surface area contributed by atoms with Gasteiger partial charge >= 0.3 is 0 Å². The van der Waals surface area contributed by atoms with Crippen LogP contribution < -0.4 is 10.9 Å². The molecule has 0 saturated heterocycles. The van der Waals surface area contributed by atoms with Crippen molar-refractivity contribution in [3.63, 3.8) is 0 Å². The van der Waals surface area contributed by atoms with E-state index in [1.807, 2.05) is 0 Å². The second kappa shape index (κ2) is 6.10. The van der Waals surface area contributed by atoms with Crippen LogP contribution in [0.2, 0.25) is 5.02 Å². The van der Waals surface area contributed by atoms with Crippen LogP contribution in [0.5, 0.6) is 0 Å². The summed E-state index contributed by atoms with van der Waals surface area (Å²) in [6.45, 7) is 0. The number of hydrogen-bond acceptors (Lipinski definition) is 2. The second-order valence-electron chi connectivity index (χ2n) is 4.80. The van der Waals surface area contributed by atoms with Gasteiger partial charge in [-0.25, -0.2) is 4.39 Å². The third kappa shape index (κ3) is 3.17. The highest BCUT2D eigenvalue weighted by molar-refractivity contribution is 6.30. The molecule has 1 heterocycles. The Labute approximate surface area is 135 Å². The summed E-state index contributed by atoms with van der Waals surface area (Å²) in [5.41, 5.74) is 5.53. The van der Waals surface area contributed by atoms with Crippen molar-refractivity contribution < 1.29 is 14.0 Å². The van der Waals surface area contributed by atoms with Crippen molar-refractivity contribution in [3.8, 4) is 0 Å². The molecule has 2 amide bonds. The van der Waals surface area contributed by atoms with E-state index in [-0.39, 0.29) is 5.69 Å². The molecule has 0 saturated carbocycles. The van der Waals surface area contributed by atoms with Crippen LogP contribution in [0.3, 0.4) is 0 Å². The molecule has 3 aromatic rings. The molecule has 0 unspecified atom stereocenters. The highest BCUT2D eigenvalue weighted by Crippen LogP contribution is 2.18. The number of fused-ring (bicyclic) bond motifs is 1. The number of rotatable bonds is 2. The summed E-state index contributed by atoms with van der Waals surface area (Å²) in [5, 5.41) is 0.812. The molecule has 23 heavy (non-hydrogen) atoms. The van der Waals surface area contributed by atoms with Crippen LogP contribution in [0, 0.1) is 5.82 Å². The van der Waals surface area contributed by atoms with E-state index in [4.69, 9.17) is 11.6 Å². The summed E-state index contributed by atoms with van der Waals surface area (Å²) < 4.78 is 13.6. The first-order valence-corrected chi connectivity index (χ1v) is 7.06. The van der Waals surface area contributed by atoms with Crippen LogP contribution in [0.1, 0.15) is 20.8 Å². The third-order valence-electron chi connectivity index (χ3n) is 3.25. The van der Waals surface area contributed by atoms with Gasteiger partial charge in [-0.2, -0.15) is 0 Å². The van der Waals surface area contributed by atoms with E-state index in [9.17, 15) is 14.0 Å². The predicted octanol–water partition coefficient (Wildman–Crippen LogP) is 3.04. The number of halogens is 2. The Hall–Kier alpha value is -2.86. The minimum atomic E-state index is -0.581. The average Bonchev–Trinajstić information content (AvgIpc) is 2.99. The minimum absolute atomic E-state index is 0.140. The molecule has 1 aromatic heterocycles. The van der Waals surface area contributed by atoms with Crippen LogP contribution in [-0.4, -0.2) is 16.8 Å². The molecule has 0 aliphatic heterocycles. The zero-order valence-electron chi connectivity index (χ0n) is 11.7. The SMILES string of the molecule is O=C(NNC(=O)c1cc2c(F)cccc2[nH]1)c1ccc(Cl)cc1. The van der Waals surface area contributed by atoms with Crippen LogP contribution in [0.25, 0.3) is 10.9 Å². The Morgan fingerprint density at radius 3 is 2.39 bits per heavy atom. The second-order valence-corrected chi connectivity index (χ2v) is 5.24. The van der Waals surface area contributed by atoms with Gasteiger partial charge in [0, 0.05) is 21.5 Å². The van der Waals surface area contributed by atoms with Crippen LogP contribution in [0.4, 0.5) is 4.39 Å². The molecule has 3 N–H and O–H groups in total. The molecule has 2 aromatic carbocycles. The first kappa shape index (κ1) is 15.1. The van der Waals surface area contributed by atoms with Crippen molar-refractivity contribution >= 4 is 34.3 Å². The number of H-pyrrole nitrogens is 1. The molecule has 0 aliphatic rings. The lowest BCUT2D eigenvalue weighted by Crippen LogP contribution is -2.41. The predicted molar refractivity (Wildman–Crippen MR) is 84.6 cm³/mol. The Kier molecular flexibility index (Phi) is 3.99. The number of hydrogen-bond donors (Lipinski definition) is 3. The topological polar surface area (TPSA) is 74.0 Å². The Bertz CT molecular complexity index is 890. The number of amides is 2. The molecular weight excluding hydrogens is 321 g/mol. The average molecular weight is 332 g/mol. The van der Waals surface area contributed by atoms with Gasteiger partial charge in [-0.05, 0) is 42.5 Å². The van der Waals surface area contributed by atoms with Crippen LogP contribution in [-0.2, 0) is 0 Å². The fourth-order valence-electron chi connectivity index (χ4n) is 2.09. The van der Waals surface area contributed by atoms with Crippen molar-refractivity contribution in [2.75, 3.05) is 0 Å². The monoisotopic (exact) mass is 331 g/mol. The summed E-state index contributed by atoms with van der Waals surface area (Å²) in [7, 11) is 0. The summed E-state index contributed by atoms with van der Waals surface area (Å²) in [4.78, 5) is 26.7. The molecule has 116 valence electrons. The molecule has 0 spiro atoms. The molecule has 7 heteroatoms. The zero-order valence-corrected chi connectivity index (χ0v) is 12.4. The first-order valence-electron chi connectivity index (χ1n) is 6.68. The number of carbonyl (C=O) groups is 2. The highest BCUT2D eigenvalue weighted by atomic mass is 35.5. The number of aromatic nitrogens is 1. The molecule has 3 rings (SSSR count). The van der Waals surface area contributed by atoms with Gasteiger partial charge in [0.15, 0.2) is 0 Å². The maximum atomic E-state index is 13.6. The van der Waals surface area contributed by atoms with Crippen molar-refractivity contribution in [1.29, 1.82) is 0 Å². The normalized spacial score (nSPS) is 10.5. The number of carbonyl (C=O) groups excluding carboxylic acids is 2. The highest BCUT2D eigenvalue weighted by Gasteiger charge is 2.13. The molecule has 0 atom stereocenters. The molecule has 0 radical (unpaired) electrons. The standard InChI is InChI=1S/C16H11ClFN3O2/c17-10-6-4-9(5-7-10)15(22)20-21-16(23)14-8-11-12(18)2-1-3-13(11)19-14/h1-8,19H,(H,20,22)(H,21,23). The maximum absolute atomic E-state index is 13.6. The Balaban J connectivity index is 1.69. The van der Waals surface area contributed by atoms with Crippen LogP contribution >= 0.6 is 11.6 Å². The van der Waals surface area contributed by atoms with Gasteiger partial charge < -0.3 is 4.98 Å². The fourth-order valence-corrected chi connectivity index (χ4v) is 2.22. The lowest BCUT2D eigenvalue weighted by Gasteiger charge is -2.06. The lowest BCUT2D eigenvalue weighted by molar-refractivity contribution is 0.0844. The molecular formula is C16H11ClFN3O2. The molecule has 0 fully saturated rings. The van der Waals surface area contributed by atoms with Crippen molar-refractivity contribution in [3.05, 3.63) is 70.6 Å². The molecule has 0 bridgehead atoms. The van der Waals surface area contributed by atoms with E-state index in [2.05, 4.69) is 15.8 Å². The number of aromatic amines is 1. The quantitative estimate of drug-likeness (QED) is 0.631. The van der Waals surface area contributed by atoms with Gasteiger partial charge in [0.2, 0.25) is 0 Å². The maximum Gasteiger partial charge on any atom is 0.286 e. The lowest BCUT2D eigenvalue weighted by atomic mass is 10.2. The Morgan fingerprint density at radius 2 is 1.70 bits per heavy atom. The van der Waals surface area contributed by atoms with Gasteiger partial charge in [-0.1, -0.05) is 17.7 Å². The molecule has 5 nitrogen and oxygen atoms in total. The summed E-state index contributed by atoms with van der Waals surface area (Å²) in [6.07, 6.45) is 0. The Morgan fingerprint density at radius 1 is 1.00 bits per heavy atom. The number of hydrazine groups is 1. The first-order chi connectivity index (χ1) is 11.0. The van der Waals surface area contributed by atoms with Gasteiger partial charge in [-0.3, -0.25) is 20.4 Å². The fraction of sp³-hybridized carbons (Fsp3) is 0. The largest absolute Gasteiger partial charge is 0.350 e. The van der Waals surface area contributed by atoms with Crippen LogP contribution in [0.15, 0.2) is 48.5 Å². The number of nitrogens with one attached hydrogen (secondary N) is 3. The zero-order chi connectivity index (χ0) is 16.4. The smallest absolute Gasteiger partial charge is 0.286 e. The third-order valence-corrected chi connectivity index (χ3v) is 3.50. The minimum Gasteiger partial charge on any atom is -0.350 e. The van der Waals surface area contributed by atoms with E-state index < -0.39 is 17.6 Å². The van der Waals surface area contributed by atoms with Gasteiger partial charge in [-0.15, -0.1) is 0 Å². The number of benzene rings is 2. The van der Waals surface area contributed by atoms with Crippen molar-refractivity contribution in [2.45, 2.75) is 0 Å². The summed E-state index contributed by atoms with van der Waals surface area (Å²) >= 11 is 5.74. The van der Waals surface area contributed by atoms with Gasteiger partial charge in [0.1, 0.15) is 11.5 Å². The van der Waals surface area contributed by atoms with Gasteiger partial charge in [0.25, 0.3) is 11.8 Å². The van der Waals surface area contributed by atoms with Crippen molar-refractivity contribution in [1.82, 2.24) is 15.8 Å². The van der Waals surface area contributed by atoms with E-state index in [1.54, 1.807) is 18.2 Å². The van der Waals surface area contributed by atoms with E-state index >= 15 is 0 Å².